The van der Waals surface area contributed by atoms with Gasteiger partial charge in [-0.25, -0.2) is 0 Å². The van der Waals surface area contributed by atoms with Gasteiger partial charge in [0.1, 0.15) is 0 Å². The van der Waals surface area contributed by atoms with E-state index in [0.717, 1.165) is 16.7 Å². The lowest BCUT2D eigenvalue weighted by Gasteiger charge is -2.29. The van der Waals surface area contributed by atoms with E-state index < -0.39 is 11.4 Å². The third-order valence-corrected chi connectivity index (χ3v) is 3.58. The van der Waals surface area contributed by atoms with Gasteiger partial charge in [-0.1, -0.05) is 17.7 Å². The van der Waals surface area contributed by atoms with Gasteiger partial charge in [-0.15, -0.1) is 0 Å². The van der Waals surface area contributed by atoms with Gasteiger partial charge < -0.3 is 10.4 Å². The van der Waals surface area contributed by atoms with Crippen LogP contribution in [0.2, 0.25) is 0 Å². The molecule has 0 amide bonds. The van der Waals surface area contributed by atoms with Crippen molar-refractivity contribution in [2.75, 3.05) is 13.6 Å². The molecular formula is C15H23NO2. The molecule has 2 N–H and O–H groups in total. The Kier molecular flexibility index (Phi) is 4.52. The molecule has 0 heterocycles. The van der Waals surface area contributed by atoms with Crippen LogP contribution in [0.15, 0.2) is 12.1 Å². The van der Waals surface area contributed by atoms with Crippen molar-refractivity contribution in [2.24, 2.45) is 0 Å². The number of rotatable bonds is 5. The summed E-state index contributed by atoms with van der Waals surface area (Å²) in [7, 11) is 1.84. The molecule has 1 rings (SSSR count). The number of hydrogen-bond donors (Lipinski definition) is 2. The lowest BCUT2D eigenvalue weighted by molar-refractivity contribution is -0.143. The summed E-state index contributed by atoms with van der Waals surface area (Å²) < 4.78 is 0. The molecule has 0 radical (unpaired) electrons. The summed E-state index contributed by atoms with van der Waals surface area (Å²) in [6.45, 7) is 8.54. The minimum Gasteiger partial charge on any atom is -0.481 e. The number of aryl methyl sites for hydroxylation is 3. The molecule has 0 aliphatic rings. The number of hydrogen-bond acceptors (Lipinski definition) is 2. The number of carboxylic acid groups (broad SMARTS) is 1. The van der Waals surface area contributed by atoms with Crippen molar-refractivity contribution in [1.29, 1.82) is 0 Å². The molecule has 3 heteroatoms. The molecule has 0 bridgehead atoms. The Morgan fingerprint density at radius 2 is 1.78 bits per heavy atom. The van der Waals surface area contributed by atoms with E-state index in [0.29, 0.717) is 13.0 Å². The van der Waals surface area contributed by atoms with Crippen molar-refractivity contribution in [2.45, 2.75) is 39.5 Å². The van der Waals surface area contributed by atoms with Gasteiger partial charge in [0, 0.05) is 0 Å². The van der Waals surface area contributed by atoms with Crippen LogP contribution in [-0.4, -0.2) is 24.7 Å². The molecule has 0 saturated heterocycles. The van der Waals surface area contributed by atoms with Gasteiger partial charge in [0.05, 0.1) is 5.41 Å². The first-order valence-corrected chi connectivity index (χ1v) is 6.29. The third kappa shape index (κ3) is 2.72. The summed E-state index contributed by atoms with van der Waals surface area (Å²) in [6.07, 6.45) is 0.587. The second-order valence-electron chi connectivity index (χ2n) is 5.26. The summed E-state index contributed by atoms with van der Waals surface area (Å²) in [6, 6.07) is 4.12. The van der Waals surface area contributed by atoms with Gasteiger partial charge >= 0.3 is 5.97 Å². The van der Waals surface area contributed by atoms with Crippen LogP contribution < -0.4 is 5.32 Å². The van der Waals surface area contributed by atoms with E-state index in [1.54, 1.807) is 0 Å². The normalized spacial score (nSPS) is 14.3. The van der Waals surface area contributed by atoms with Crippen LogP contribution in [0, 0.1) is 20.8 Å². The topological polar surface area (TPSA) is 49.3 Å². The van der Waals surface area contributed by atoms with E-state index in [1.165, 1.54) is 5.56 Å². The van der Waals surface area contributed by atoms with E-state index in [4.69, 9.17) is 0 Å². The van der Waals surface area contributed by atoms with E-state index in [1.807, 2.05) is 34.7 Å². The monoisotopic (exact) mass is 249 g/mol. The maximum Gasteiger partial charge on any atom is 0.313 e. The molecule has 1 aromatic rings. The first-order chi connectivity index (χ1) is 8.32. The fourth-order valence-electron chi connectivity index (χ4n) is 2.76. The zero-order valence-corrected chi connectivity index (χ0v) is 11.9. The Hall–Kier alpha value is -1.35. The van der Waals surface area contributed by atoms with Gasteiger partial charge in [-0.05, 0) is 64.4 Å². The fraction of sp³-hybridized carbons (Fsp3) is 0.533. The molecule has 1 atom stereocenters. The highest BCUT2D eigenvalue weighted by molar-refractivity contribution is 5.82. The summed E-state index contributed by atoms with van der Waals surface area (Å²) >= 11 is 0. The highest BCUT2D eigenvalue weighted by Crippen LogP contribution is 2.33. The standard InChI is InChI=1S/C15H23NO2/c1-10-8-11(2)13(12(3)9-10)15(4,14(17)18)6-7-16-5/h8-9,16H,6-7H2,1-5H3,(H,17,18). The zero-order chi connectivity index (χ0) is 13.9. The van der Waals surface area contributed by atoms with Crippen molar-refractivity contribution in [3.8, 4) is 0 Å². The quantitative estimate of drug-likeness (QED) is 0.843. The first kappa shape index (κ1) is 14.7. The molecule has 0 saturated carbocycles. The molecule has 0 aromatic heterocycles. The maximum absolute atomic E-state index is 11.7. The average molecular weight is 249 g/mol. The van der Waals surface area contributed by atoms with Gasteiger partial charge in [0.15, 0.2) is 0 Å². The van der Waals surface area contributed by atoms with E-state index in [-0.39, 0.29) is 0 Å². The number of nitrogens with one attached hydrogen (secondary N) is 1. The van der Waals surface area contributed by atoms with Crippen molar-refractivity contribution >= 4 is 5.97 Å². The first-order valence-electron chi connectivity index (χ1n) is 6.29. The lowest BCUT2D eigenvalue weighted by atomic mass is 9.75. The second-order valence-corrected chi connectivity index (χ2v) is 5.26. The maximum atomic E-state index is 11.7. The Labute approximate surface area is 109 Å². The van der Waals surface area contributed by atoms with Crippen LogP contribution in [0.1, 0.15) is 35.6 Å². The minimum absolute atomic E-state index is 0.587. The predicted molar refractivity (Wildman–Crippen MR) is 74.2 cm³/mol. The van der Waals surface area contributed by atoms with Crippen molar-refractivity contribution in [1.82, 2.24) is 5.32 Å². The molecule has 100 valence electrons. The number of aliphatic carboxylic acids is 1. The Balaban J connectivity index is 3.34. The molecule has 18 heavy (non-hydrogen) atoms. The minimum atomic E-state index is -0.828. The molecule has 3 nitrogen and oxygen atoms in total. The highest BCUT2D eigenvalue weighted by atomic mass is 16.4. The predicted octanol–water partition coefficient (Wildman–Crippen LogP) is 2.56. The van der Waals surface area contributed by atoms with Gasteiger partial charge in [0.2, 0.25) is 0 Å². The Morgan fingerprint density at radius 3 is 2.17 bits per heavy atom. The van der Waals surface area contributed by atoms with Gasteiger partial charge in [-0.3, -0.25) is 4.79 Å². The number of carbonyl (C=O) groups is 1. The lowest BCUT2D eigenvalue weighted by Crippen LogP contribution is -2.36. The van der Waals surface area contributed by atoms with Crippen LogP contribution in [-0.2, 0) is 10.2 Å². The van der Waals surface area contributed by atoms with E-state index >= 15 is 0 Å². The summed E-state index contributed by atoms with van der Waals surface area (Å²) in [5, 5.41) is 12.6. The van der Waals surface area contributed by atoms with Crippen molar-refractivity contribution in [3.63, 3.8) is 0 Å². The molecule has 1 aromatic carbocycles. The Bertz CT molecular complexity index is 431. The largest absolute Gasteiger partial charge is 0.481 e. The smallest absolute Gasteiger partial charge is 0.313 e. The molecule has 0 fully saturated rings. The van der Waals surface area contributed by atoms with Crippen molar-refractivity contribution < 1.29 is 9.90 Å². The zero-order valence-electron chi connectivity index (χ0n) is 11.9. The third-order valence-electron chi connectivity index (χ3n) is 3.58. The molecule has 1 unspecified atom stereocenters. The van der Waals surface area contributed by atoms with E-state index in [2.05, 4.69) is 17.4 Å². The molecule has 0 aliphatic heterocycles. The van der Waals surface area contributed by atoms with Crippen LogP contribution >= 0.6 is 0 Å². The van der Waals surface area contributed by atoms with Crippen LogP contribution in [0.5, 0.6) is 0 Å². The highest BCUT2D eigenvalue weighted by Gasteiger charge is 2.37. The fourth-order valence-corrected chi connectivity index (χ4v) is 2.76. The van der Waals surface area contributed by atoms with Crippen molar-refractivity contribution in [3.05, 3.63) is 34.4 Å². The second kappa shape index (κ2) is 5.53. The van der Waals surface area contributed by atoms with Crippen LogP contribution in [0.3, 0.4) is 0 Å². The average Bonchev–Trinajstić information content (AvgIpc) is 2.24. The molecule has 0 spiro atoms. The summed E-state index contributed by atoms with van der Waals surface area (Å²) in [5.41, 5.74) is 3.43. The summed E-state index contributed by atoms with van der Waals surface area (Å²) in [4.78, 5) is 11.7. The number of benzene rings is 1. The van der Waals surface area contributed by atoms with Gasteiger partial charge in [-0.2, -0.15) is 0 Å². The van der Waals surface area contributed by atoms with Gasteiger partial charge in [0.25, 0.3) is 0 Å². The van der Waals surface area contributed by atoms with E-state index in [9.17, 15) is 9.90 Å². The number of carboxylic acids is 1. The molecular weight excluding hydrogens is 226 g/mol. The van der Waals surface area contributed by atoms with Crippen LogP contribution in [0.4, 0.5) is 0 Å². The van der Waals surface area contributed by atoms with Crippen LogP contribution in [0.25, 0.3) is 0 Å². The summed E-state index contributed by atoms with van der Waals surface area (Å²) in [5.74, 6) is -0.757. The SMILES string of the molecule is CNCCC(C)(C(=O)O)c1c(C)cc(C)cc1C. The Morgan fingerprint density at radius 1 is 1.28 bits per heavy atom. The molecule has 0 aliphatic carbocycles.